The van der Waals surface area contributed by atoms with E-state index in [1.54, 1.807) is 14.2 Å². The molecule has 0 aromatic heterocycles. The molecule has 1 heterocycles. The normalized spacial score (nSPS) is 17.8. The first kappa shape index (κ1) is 14.2. The molecule has 1 aliphatic rings. The van der Waals surface area contributed by atoms with Gasteiger partial charge in [0.1, 0.15) is 11.9 Å². The number of hydrogen-bond acceptors (Lipinski definition) is 4. The Morgan fingerprint density at radius 1 is 1.50 bits per heavy atom. The van der Waals surface area contributed by atoms with E-state index in [1.807, 2.05) is 24.3 Å². The number of benzene rings is 1. The minimum atomic E-state index is -0.353. The van der Waals surface area contributed by atoms with Crippen molar-refractivity contribution >= 4 is 12.0 Å². The Morgan fingerprint density at radius 2 is 2.25 bits per heavy atom. The van der Waals surface area contributed by atoms with Crippen molar-refractivity contribution in [1.29, 1.82) is 0 Å². The van der Waals surface area contributed by atoms with Crippen LogP contribution in [-0.2, 0) is 16.0 Å². The summed E-state index contributed by atoms with van der Waals surface area (Å²) < 4.78 is 10.3. The lowest BCUT2D eigenvalue weighted by atomic mass is 10.1. The van der Waals surface area contributed by atoms with Crippen LogP contribution < -0.4 is 10.1 Å². The van der Waals surface area contributed by atoms with E-state index in [-0.39, 0.29) is 24.5 Å². The van der Waals surface area contributed by atoms with Crippen molar-refractivity contribution in [2.24, 2.45) is 0 Å². The number of para-hydroxylation sites is 1. The van der Waals surface area contributed by atoms with Crippen LogP contribution in [0.1, 0.15) is 5.56 Å². The van der Waals surface area contributed by atoms with Crippen LogP contribution in [0.2, 0.25) is 0 Å². The van der Waals surface area contributed by atoms with E-state index in [0.717, 1.165) is 5.56 Å². The summed E-state index contributed by atoms with van der Waals surface area (Å²) >= 11 is 0. The monoisotopic (exact) mass is 278 g/mol. The van der Waals surface area contributed by atoms with Gasteiger partial charge >= 0.3 is 6.09 Å². The van der Waals surface area contributed by atoms with Gasteiger partial charge in [-0.15, -0.1) is 0 Å². The minimum Gasteiger partial charge on any atom is -0.496 e. The van der Waals surface area contributed by atoms with Gasteiger partial charge < -0.3 is 19.7 Å². The fraction of sp³-hybridized carbons (Fsp3) is 0.429. The Hall–Kier alpha value is -2.24. The number of nitrogens with zero attached hydrogens (tertiary/aromatic N) is 1. The molecule has 1 N–H and O–H groups in total. The smallest absolute Gasteiger partial charge is 0.410 e. The van der Waals surface area contributed by atoms with Crippen molar-refractivity contribution in [3.8, 4) is 5.75 Å². The molecule has 1 atom stereocenters. The molecule has 6 heteroatoms. The quantitative estimate of drug-likeness (QED) is 0.865. The molecule has 2 rings (SSSR count). The number of amides is 2. The summed E-state index contributed by atoms with van der Waals surface area (Å²) in [5.74, 6) is 0.565. The highest BCUT2D eigenvalue weighted by Gasteiger charge is 2.28. The van der Waals surface area contributed by atoms with E-state index in [9.17, 15) is 9.59 Å². The number of likely N-dealkylation sites (N-methyl/N-ethyl adjacent to an activating group) is 1. The average molecular weight is 278 g/mol. The highest BCUT2D eigenvalue weighted by Crippen LogP contribution is 2.17. The van der Waals surface area contributed by atoms with Crippen molar-refractivity contribution in [2.45, 2.75) is 12.5 Å². The second-order valence-corrected chi connectivity index (χ2v) is 4.68. The predicted molar refractivity (Wildman–Crippen MR) is 72.6 cm³/mol. The Labute approximate surface area is 117 Å². The Balaban J connectivity index is 1.82. The Kier molecular flexibility index (Phi) is 4.45. The van der Waals surface area contributed by atoms with Crippen LogP contribution in [0.4, 0.5) is 4.79 Å². The summed E-state index contributed by atoms with van der Waals surface area (Å²) in [4.78, 5) is 24.5. The number of ether oxygens (including phenoxy) is 2. The number of methoxy groups -OCH3 is 1. The third-order valence-corrected chi connectivity index (χ3v) is 3.13. The molecule has 1 unspecified atom stereocenters. The highest BCUT2D eigenvalue weighted by atomic mass is 16.6. The van der Waals surface area contributed by atoms with Crippen LogP contribution in [0.25, 0.3) is 0 Å². The number of nitrogens with one attached hydrogen (secondary N) is 1. The first-order chi connectivity index (χ1) is 9.60. The molecule has 0 saturated carbocycles. The van der Waals surface area contributed by atoms with Crippen molar-refractivity contribution < 1.29 is 19.1 Å². The zero-order chi connectivity index (χ0) is 14.5. The summed E-state index contributed by atoms with van der Waals surface area (Å²) in [5.41, 5.74) is 0.827. The summed E-state index contributed by atoms with van der Waals surface area (Å²) in [5, 5.41) is 2.77. The van der Waals surface area contributed by atoms with Crippen LogP contribution in [0.15, 0.2) is 24.3 Å². The maximum Gasteiger partial charge on any atom is 0.410 e. The first-order valence-corrected chi connectivity index (χ1v) is 6.40. The number of hydrogen-bond donors (Lipinski definition) is 1. The van der Waals surface area contributed by atoms with E-state index in [2.05, 4.69) is 5.32 Å². The fourth-order valence-corrected chi connectivity index (χ4v) is 2.07. The number of rotatable bonds is 5. The van der Waals surface area contributed by atoms with Gasteiger partial charge in [-0.25, -0.2) is 4.79 Å². The van der Waals surface area contributed by atoms with Crippen molar-refractivity contribution in [3.63, 3.8) is 0 Å². The van der Waals surface area contributed by atoms with Gasteiger partial charge in [0.05, 0.1) is 26.6 Å². The topological polar surface area (TPSA) is 67.9 Å². The van der Waals surface area contributed by atoms with Crippen LogP contribution in [0.3, 0.4) is 0 Å². The molecule has 0 aliphatic carbocycles. The molecule has 108 valence electrons. The van der Waals surface area contributed by atoms with E-state index in [1.165, 1.54) is 4.90 Å². The lowest BCUT2D eigenvalue weighted by molar-refractivity contribution is -0.120. The van der Waals surface area contributed by atoms with Crippen LogP contribution in [0, 0.1) is 0 Å². The van der Waals surface area contributed by atoms with E-state index < -0.39 is 0 Å². The van der Waals surface area contributed by atoms with Gasteiger partial charge in [0.25, 0.3) is 0 Å². The standard InChI is InChI=1S/C14H18N2O4/c1-16-9-11(20-14(16)18)8-15-13(17)7-10-5-3-4-6-12(10)19-2/h3-6,11H,7-9H2,1-2H3,(H,15,17). The molecular weight excluding hydrogens is 260 g/mol. The van der Waals surface area contributed by atoms with E-state index in [0.29, 0.717) is 18.8 Å². The van der Waals surface area contributed by atoms with Crippen molar-refractivity contribution in [2.75, 3.05) is 27.2 Å². The third-order valence-electron chi connectivity index (χ3n) is 3.13. The van der Waals surface area contributed by atoms with Gasteiger partial charge in [0, 0.05) is 12.6 Å². The molecular formula is C14H18N2O4. The average Bonchev–Trinajstić information content (AvgIpc) is 2.76. The van der Waals surface area contributed by atoms with E-state index >= 15 is 0 Å². The molecule has 1 aromatic rings. The minimum absolute atomic E-state index is 0.125. The molecule has 1 saturated heterocycles. The number of carbonyl (C=O) groups excluding carboxylic acids is 2. The molecule has 0 bridgehead atoms. The lowest BCUT2D eigenvalue weighted by Gasteiger charge is -2.11. The zero-order valence-electron chi connectivity index (χ0n) is 11.6. The number of carbonyl (C=O) groups is 2. The summed E-state index contributed by atoms with van der Waals surface area (Å²) in [6.07, 6.45) is -0.399. The SMILES string of the molecule is COc1ccccc1CC(=O)NCC1CN(C)C(=O)O1. The molecule has 6 nitrogen and oxygen atoms in total. The maximum absolute atomic E-state index is 11.9. The maximum atomic E-state index is 11.9. The Bertz CT molecular complexity index is 504. The van der Waals surface area contributed by atoms with Gasteiger partial charge in [0.15, 0.2) is 0 Å². The van der Waals surface area contributed by atoms with Gasteiger partial charge in [-0.1, -0.05) is 18.2 Å². The van der Waals surface area contributed by atoms with Gasteiger partial charge in [-0.05, 0) is 6.07 Å². The van der Waals surface area contributed by atoms with Crippen molar-refractivity contribution in [3.05, 3.63) is 29.8 Å². The lowest BCUT2D eigenvalue weighted by Crippen LogP contribution is -2.35. The molecule has 1 fully saturated rings. The molecule has 0 radical (unpaired) electrons. The highest BCUT2D eigenvalue weighted by molar-refractivity contribution is 5.79. The zero-order valence-corrected chi connectivity index (χ0v) is 11.6. The van der Waals surface area contributed by atoms with Gasteiger partial charge in [-0.2, -0.15) is 0 Å². The third kappa shape index (κ3) is 3.40. The van der Waals surface area contributed by atoms with Crippen molar-refractivity contribution in [1.82, 2.24) is 10.2 Å². The summed E-state index contributed by atoms with van der Waals surface area (Å²) in [6, 6.07) is 7.38. The van der Waals surface area contributed by atoms with Crippen LogP contribution in [0.5, 0.6) is 5.75 Å². The molecule has 1 aliphatic heterocycles. The van der Waals surface area contributed by atoms with E-state index in [4.69, 9.17) is 9.47 Å². The first-order valence-electron chi connectivity index (χ1n) is 6.40. The Morgan fingerprint density at radius 3 is 2.90 bits per heavy atom. The molecule has 1 aromatic carbocycles. The summed E-state index contributed by atoms with van der Waals surface area (Å²) in [7, 11) is 3.24. The second-order valence-electron chi connectivity index (χ2n) is 4.68. The second kappa shape index (κ2) is 6.27. The van der Waals surface area contributed by atoms with Gasteiger partial charge in [-0.3, -0.25) is 4.79 Å². The molecule has 0 spiro atoms. The molecule has 2 amide bonds. The van der Waals surface area contributed by atoms with Crippen LogP contribution >= 0.6 is 0 Å². The van der Waals surface area contributed by atoms with Crippen LogP contribution in [-0.4, -0.2) is 50.3 Å². The fourth-order valence-electron chi connectivity index (χ4n) is 2.07. The predicted octanol–water partition coefficient (Wildman–Crippen LogP) is 0.804. The van der Waals surface area contributed by atoms with Gasteiger partial charge in [0.2, 0.25) is 5.91 Å². The number of cyclic esters (lactones) is 1. The summed E-state index contributed by atoms with van der Waals surface area (Å²) in [6.45, 7) is 0.817. The largest absolute Gasteiger partial charge is 0.496 e. The molecule has 20 heavy (non-hydrogen) atoms.